The molecule has 6 atom stereocenters. The Morgan fingerprint density at radius 2 is 1.06 bits per heavy atom. The standard InChI is InChI=1S/C24H24N4O6S2/c1-33-21-19-15-9-5-7-11-17(15)23(13-25,27(21)35(3,29)30)24(14-26)18-12-8-6-10-16(18)20(19)22(34-2)28(24)36(4,31)32/h5-12,19-22H,1-4H3/t19-,20-,21-,22-,23+,24+/m0/s1. The zero-order valence-electron chi connectivity index (χ0n) is 20.0. The molecule has 36 heavy (non-hydrogen) atoms. The number of hydrogen-bond acceptors (Lipinski definition) is 8. The van der Waals surface area contributed by atoms with Gasteiger partial charge in [-0.2, -0.15) is 10.5 Å². The minimum absolute atomic E-state index is 0.237. The number of fused-ring (bicyclic) bond motifs is 2. The Morgan fingerprint density at radius 1 is 0.722 bits per heavy atom. The van der Waals surface area contributed by atoms with E-state index < -0.39 is 55.4 Å². The van der Waals surface area contributed by atoms with Crippen LogP contribution in [0.4, 0.5) is 0 Å². The Labute approximate surface area is 210 Å². The Morgan fingerprint density at radius 3 is 1.33 bits per heavy atom. The van der Waals surface area contributed by atoms with Gasteiger partial charge in [-0.3, -0.25) is 0 Å². The first-order valence-electron chi connectivity index (χ1n) is 11.0. The number of rotatable bonds is 4. The smallest absolute Gasteiger partial charge is 0.215 e. The molecule has 2 aliphatic heterocycles. The van der Waals surface area contributed by atoms with E-state index in [1.165, 1.54) is 14.2 Å². The molecule has 0 saturated heterocycles. The lowest BCUT2D eigenvalue weighted by Crippen LogP contribution is -2.78. The maximum Gasteiger partial charge on any atom is 0.215 e. The van der Waals surface area contributed by atoms with Crippen LogP contribution in [-0.2, 0) is 40.6 Å². The molecule has 0 spiro atoms. The van der Waals surface area contributed by atoms with Crippen molar-refractivity contribution in [1.82, 2.24) is 8.61 Å². The number of ether oxygens (including phenoxy) is 2. The van der Waals surface area contributed by atoms with Gasteiger partial charge in [0.05, 0.1) is 24.6 Å². The van der Waals surface area contributed by atoms with Gasteiger partial charge in [-0.15, -0.1) is 8.61 Å². The lowest BCUT2D eigenvalue weighted by Gasteiger charge is -2.65. The summed E-state index contributed by atoms with van der Waals surface area (Å²) in [6, 6.07) is 17.8. The number of sulfonamides is 2. The average molecular weight is 529 g/mol. The molecule has 2 aromatic carbocycles. The van der Waals surface area contributed by atoms with Crippen molar-refractivity contribution in [3.63, 3.8) is 0 Å². The third kappa shape index (κ3) is 2.72. The van der Waals surface area contributed by atoms with Gasteiger partial charge in [-0.25, -0.2) is 16.8 Å². The van der Waals surface area contributed by atoms with Crippen LogP contribution in [-0.4, -0.2) is 64.6 Å². The predicted octanol–water partition coefficient (Wildman–Crippen LogP) is 1.50. The van der Waals surface area contributed by atoms with E-state index in [9.17, 15) is 27.4 Å². The maximum absolute atomic E-state index is 13.5. The van der Waals surface area contributed by atoms with Gasteiger partial charge in [-0.1, -0.05) is 48.5 Å². The SMILES string of the molecule is CO[C@H]1[C@H]2c3ccccc3[C@@](C#N)(N1S(C)(=O)=O)[C@@]1(C#N)c3ccccc3[C@@H]2[C@H](OC)N1S(C)(=O)=O. The second kappa shape index (κ2) is 7.83. The van der Waals surface area contributed by atoms with E-state index in [1.807, 2.05) is 0 Å². The molecule has 0 unspecified atom stereocenters. The summed E-state index contributed by atoms with van der Waals surface area (Å²) in [5, 5.41) is 22.1. The molecule has 188 valence electrons. The van der Waals surface area contributed by atoms with Gasteiger partial charge in [0, 0.05) is 26.1 Å². The Kier molecular flexibility index (Phi) is 5.40. The van der Waals surface area contributed by atoms with E-state index >= 15 is 0 Å². The molecule has 0 saturated carbocycles. The Hall–Kier alpha value is -2.84. The fourth-order valence-corrected chi connectivity index (χ4v) is 9.37. The summed E-state index contributed by atoms with van der Waals surface area (Å²) in [5.74, 6) is -1.54. The number of nitriles is 2. The average Bonchev–Trinajstić information content (AvgIpc) is 2.83. The van der Waals surface area contributed by atoms with Crippen molar-refractivity contribution < 1.29 is 26.3 Å². The first-order chi connectivity index (χ1) is 17.0. The van der Waals surface area contributed by atoms with Crippen LogP contribution in [0.5, 0.6) is 0 Å². The second-order valence-corrected chi connectivity index (χ2v) is 13.0. The van der Waals surface area contributed by atoms with E-state index in [1.54, 1.807) is 48.5 Å². The van der Waals surface area contributed by atoms with Crippen LogP contribution < -0.4 is 0 Å². The van der Waals surface area contributed by atoms with Crippen LogP contribution in [0.15, 0.2) is 48.5 Å². The fraction of sp³-hybridized carbons (Fsp3) is 0.417. The number of hydrogen-bond donors (Lipinski definition) is 0. The van der Waals surface area contributed by atoms with Crippen molar-refractivity contribution in [2.75, 3.05) is 26.7 Å². The number of benzene rings is 2. The van der Waals surface area contributed by atoms with Gasteiger partial charge < -0.3 is 9.47 Å². The second-order valence-electron chi connectivity index (χ2n) is 9.24. The summed E-state index contributed by atoms with van der Waals surface area (Å²) >= 11 is 0. The lowest BCUT2D eigenvalue weighted by atomic mass is 9.55. The third-order valence-corrected chi connectivity index (χ3v) is 9.98. The molecular formula is C24H24N4O6S2. The molecule has 0 amide bonds. The highest BCUT2D eigenvalue weighted by atomic mass is 32.2. The van der Waals surface area contributed by atoms with Gasteiger partial charge >= 0.3 is 0 Å². The van der Waals surface area contributed by atoms with Crippen LogP contribution in [0.2, 0.25) is 0 Å². The quantitative estimate of drug-likeness (QED) is 0.581. The van der Waals surface area contributed by atoms with E-state index in [4.69, 9.17) is 9.47 Å². The monoisotopic (exact) mass is 528 g/mol. The molecule has 5 rings (SSSR count). The summed E-state index contributed by atoms with van der Waals surface area (Å²) in [7, 11) is -5.86. The largest absolute Gasteiger partial charge is 0.365 e. The van der Waals surface area contributed by atoms with Gasteiger partial charge in [0.25, 0.3) is 0 Å². The molecule has 0 radical (unpaired) electrons. The molecule has 12 heteroatoms. The number of methoxy groups -OCH3 is 2. The first kappa shape index (κ1) is 24.8. The molecule has 0 aromatic heterocycles. The van der Waals surface area contributed by atoms with E-state index in [0.29, 0.717) is 11.1 Å². The van der Waals surface area contributed by atoms with E-state index in [2.05, 4.69) is 12.1 Å². The normalized spacial score (nSPS) is 33.6. The highest BCUT2D eigenvalue weighted by Gasteiger charge is 2.77. The lowest BCUT2D eigenvalue weighted by molar-refractivity contribution is -0.164. The molecule has 2 heterocycles. The van der Waals surface area contributed by atoms with Crippen molar-refractivity contribution in [3.8, 4) is 12.1 Å². The van der Waals surface area contributed by atoms with Crippen molar-refractivity contribution in [3.05, 3.63) is 70.8 Å². The maximum atomic E-state index is 13.5. The highest BCUT2D eigenvalue weighted by molar-refractivity contribution is 7.88. The zero-order chi connectivity index (χ0) is 26.3. The summed E-state index contributed by atoms with van der Waals surface area (Å²) in [6.07, 6.45) is -0.581. The summed E-state index contributed by atoms with van der Waals surface area (Å²) < 4.78 is 67.5. The molecular weight excluding hydrogens is 504 g/mol. The molecule has 4 bridgehead atoms. The molecule has 0 fully saturated rings. The van der Waals surface area contributed by atoms with Gasteiger partial charge in [-0.05, 0) is 22.3 Å². The first-order valence-corrected chi connectivity index (χ1v) is 14.7. The third-order valence-electron chi connectivity index (χ3n) is 7.59. The van der Waals surface area contributed by atoms with E-state index in [0.717, 1.165) is 21.1 Å². The molecule has 0 N–H and O–H groups in total. The predicted molar refractivity (Wildman–Crippen MR) is 128 cm³/mol. The summed E-state index contributed by atoms with van der Waals surface area (Å²) in [6.45, 7) is 0. The fourth-order valence-electron chi connectivity index (χ4n) is 6.64. The van der Waals surface area contributed by atoms with Crippen LogP contribution in [0, 0.1) is 22.7 Å². The highest BCUT2D eigenvalue weighted by Crippen LogP contribution is 2.66. The van der Waals surface area contributed by atoms with Crippen LogP contribution >= 0.6 is 0 Å². The van der Waals surface area contributed by atoms with Crippen LogP contribution in [0.25, 0.3) is 0 Å². The van der Waals surface area contributed by atoms with Gasteiger partial charge in [0.1, 0.15) is 12.5 Å². The Balaban J connectivity index is 2.16. The van der Waals surface area contributed by atoms with Crippen molar-refractivity contribution in [2.24, 2.45) is 0 Å². The van der Waals surface area contributed by atoms with E-state index in [-0.39, 0.29) is 11.1 Å². The minimum Gasteiger partial charge on any atom is -0.365 e. The zero-order valence-corrected chi connectivity index (χ0v) is 21.6. The van der Waals surface area contributed by atoms with Gasteiger partial charge in [0.15, 0.2) is 11.1 Å². The van der Waals surface area contributed by atoms with Crippen LogP contribution in [0.3, 0.4) is 0 Å². The minimum atomic E-state index is -4.26. The topological polar surface area (TPSA) is 141 Å². The molecule has 2 aromatic rings. The molecule has 3 aliphatic rings. The van der Waals surface area contributed by atoms with Gasteiger partial charge in [0.2, 0.25) is 20.0 Å². The van der Waals surface area contributed by atoms with Crippen molar-refractivity contribution in [1.29, 1.82) is 10.5 Å². The number of nitrogens with zero attached hydrogens (tertiary/aromatic N) is 4. The van der Waals surface area contributed by atoms with Crippen molar-refractivity contribution >= 4 is 20.0 Å². The summed E-state index contributed by atoms with van der Waals surface area (Å²) in [5.41, 5.74) is -3.05. The van der Waals surface area contributed by atoms with Crippen LogP contribution in [0.1, 0.15) is 34.1 Å². The van der Waals surface area contributed by atoms with Crippen molar-refractivity contribution in [2.45, 2.75) is 35.4 Å². The summed E-state index contributed by atoms with van der Waals surface area (Å²) in [4.78, 5) is 0. The Bertz CT molecular complexity index is 1450. The molecule has 10 nitrogen and oxygen atoms in total. The molecule has 1 aliphatic carbocycles.